The molecule has 0 heterocycles. The summed E-state index contributed by atoms with van der Waals surface area (Å²) in [6.07, 6.45) is 0.523. The normalized spacial score (nSPS) is 10.4. The van der Waals surface area contributed by atoms with E-state index in [0.29, 0.717) is 32.9 Å². The van der Waals surface area contributed by atoms with Gasteiger partial charge in [0.15, 0.2) is 6.61 Å². The zero-order chi connectivity index (χ0) is 19.8. The van der Waals surface area contributed by atoms with Crippen molar-refractivity contribution in [2.24, 2.45) is 0 Å². The molecule has 0 radical (unpaired) electrons. The van der Waals surface area contributed by atoms with Gasteiger partial charge in [-0.2, -0.15) is 0 Å². The molecular weight excluding hydrogens is 480 g/mol. The van der Waals surface area contributed by atoms with Gasteiger partial charge in [0.25, 0.3) is 5.91 Å². The smallest absolute Gasteiger partial charge is 0.306 e. The van der Waals surface area contributed by atoms with Crippen molar-refractivity contribution in [3.05, 3.63) is 55.9 Å². The summed E-state index contributed by atoms with van der Waals surface area (Å²) in [6.45, 7) is -0.119. The first-order chi connectivity index (χ1) is 12.8. The first kappa shape index (κ1) is 21.8. The fraction of sp³-hybridized carbons (Fsp3) is 0.222. The number of hydrogen-bond donors (Lipinski definition) is 1. The van der Waals surface area contributed by atoms with Gasteiger partial charge >= 0.3 is 5.97 Å². The lowest BCUT2D eigenvalue weighted by atomic mass is 10.3. The maximum absolute atomic E-state index is 11.8. The molecule has 0 unspecified atom stereocenters. The molecule has 2 aromatic carbocycles. The van der Waals surface area contributed by atoms with Crippen molar-refractivity contribution in [1.29, 1.82) is 0 Å². The largest absolute Gasteiger partial charge is 0.492 e. The van der Waals surface area contributed by atoms with E-state index in [1.807, 2.05) is 0 Å². The van der Waals surface area contributed by atoms with Crippen LogP contribution in [-0.2, 0) is 14.3 Å². The molecule has 27 heavy (non-hydrogen) atoms. The second kappa shape index (κ2) is 10.8. The Morgan fingerprint density at radius 2 is 1.81 bits per heavy atom. The van der Waals surface area contributed by atoms with Crippen molar-refractivity contribution >= 4 is 68.3 Å². The number of benzene rings is 2. The molecule has 1 N–H and O–H groups in total. The molecule has 2 aromatic rings. The minimum atomic E-state index is -0.502. The van der Waals surface area contributed by atoms with E-state index in [2.05, 4.69) is 21.2 Å². The fourth-order valence-corrected chi connectivity index (χ4v) is 3.17. The van der Waals surface area contributed by atoms with Gasteiger partial charge in [-0.3, -0.25) is 9.59 Å². The van der Waals surface area contributed by atoms with Crippen LogP contribution in [0.1, 0.15) is 12.8 Å². The Morgan fingerprint density at radius 1 is 1.04 bits per heavy atom. The summed E-state index contributed by atoms with van der Waals surface area (Å²) < 4.78 is 11.2. The van der Waals surface area contributed by atoms with Crippen molar-refractivity contribution in [3.8, 4) is 5.75 Å². The summed E-state index contributed by atoms with van der Waals surface area (Å²) in [4.78, 5) is 23.5. The van der Waals surface area contributed by atoms with Crippen LogP contribution in [0.5, 0.6) is 5.75 Å². The number of carbonyl (C=O) groups excluding carboxylic acids is 2. The highest BCUT2D eigenvalue weighted by molar-refractivity contribution is 9.10. The molecule has 1 amide bonds. The predicted octanol–water partition coefficient (Wildman–Crippen LogP) is 5.75. The van der Waals surface area contributed by atoms with Crippen LogP contribution in [-0.4, -0.2) is 25.1 Å². The summed E-state index contributed by atoms with van der Waals surface area (Å²) in [5, 5.41) is 3.86. The quantitative estimate of drug-likeness (QED) is 0.374. The van der Waals surface area contributed by atoms with Crippen molar-refractivity contribution in [3.63, 3.8) is 0 Å². The number of anilines is 1. The molecule has 0 atom stereocenters. The van der Waals surface area contributed by atoms with E-state index in [-0.39, 0.29) is 13.0 Å². The van der Waals surface area contributed by atoms with E-state index < -0.39 is 18.5 Å². The molecule has 0 bridgehead atoms. The molecule has 0 aliphatic carbocycles. The lowest BCUT2D eigenvalue weighted by Crippen LogP contribution is -2.21. The molecule has 144 valence electrons. The van der Waals surface area contributed by atoms with Gasteiger partial charge < -0.3 is 14.8 Å². The van der Waals surface area contributed by atoms with E-state index in [1.54, 1.807) is 36.4 Å². The van der Waals surface area contributed by atoms with Crippen LogP contribution < -0.4 is 10.1 Å². The molecule has 0 spiro atoms. The highest BCUT2D eigenvalue weighted by atomic mass is 79.9. The number of halogens is 4. The maximum Gasteiger partial charge on any atom is 0.306 e. The molecular formula is C18H15BrCl3NO4. The third kappa shape index (κ3) is 7.58. The Morgan fingerprint density at radius 3 is 2.52 bits per heavy atom. The Bertz CT molecular complexity index is 832. The molecule has 5 nitrogen and oxygen atoms in total. The zero-order valence-electron chi connectivity index (χ0n) is 13.9. The molecule has 0 aliphatic rings. The predicted molar refractivity (Wildman–Crippen MR) is 110 cm³/mol. The minimum absolute atomic E-state index is 0.109. The Hall–Kier alpha value is -1.47. The van der Waals surface area contributed by atoms with Gasteiger partial charge in [-0.25, -0.2) is 0 Å². The fourth-order valence-electron chi connectivity index (χ4n) is 1.99. The maximum atomic E-state index is 11.8. The second-order valence-corrected chi connectivity index (χ2v) is 7.53. The standard InChI is InChI=1S/C18H15BrCl3NO4/c19-11-3-5-15(13(21)8-11)23-17(24)10-27-18(25)2-1-7-26-16-6-4-12(20)9-14(16)22/h3-6,8-9H,1-2,7,10H2,(H,23,24). The van der Waals surface area contributed by atoms with E-state index in [4.69, 9.17) is 44.3 Å². The van der Waals surface area contributed by atoms with Crippen LogP contribution in [0.25, 0.3) is 0 Å². The number of hydrogen-bond acceptors (Lipinski definition) is 4. The lowest BCUT2D eigenvalue weighted by molar-refractivity contribution is -0.147. The Labute approximate surface area is 180 Å². The van der Waals surface area contributed by atoms with E-state index in [9.17, 15) is 9.59 Å². The molecule has 9 heteroatoms. The van der Waals surface area contributed by atoms with Gasteiger partial charge in [0.2, 0.25) is 0 Å². The number of amides is 1. The third-order valence-corrected chi connectivity index (χ3v) is 4.58. The summed E-state index contributed by atoms with van der Waals surface area (Å²) >= 11 is 21.1. The van der Waals surface area contributed by atoms with Gasteiger partial charge in [0, 0.05) is 15.9 Å². The first-order valence-corrected chi connectivity index (χ1v) is 9.76. The van der Waals surface area contributed by atoms with E-state index >= 15 is 0 Å². The summed E-state index contributed by atoms with van der Waals surface area (Å²) in [7, 11) is 0. The van der Waals surface area contributed by atoms with Crippen molar-refractivity contribution in [2.45, 2.75) is 12.8 Å². The Balaban J connectivity index is 1.66. The molecule has 0 aromatic heterocycles. The third-order valence-electron chi connectivity index (χ3n) is 3.25. The molecule has 0 aliphatic heterocycles. The summed E-state index contributed by atoms with van der Waals surface area (Å²) in [5.74, 6) is -0.491. The van der Waals surface area contributed by atoms with Gasteiger partial charge in [-0.05, 0) is 42.8 Å². The van der Waals surface area contributed by atoms with Crippen molar-refractivity contribution in [2.75, 3.05) is 18.5 Å². The van der Waals surface area contributed by atoms with Crippen LogP contribution in [0.2, 0.25) is 15.1 Å². The topological polar surface area (TPSA) is 64.6 Å². The summed E-state index contributed by atoms with van der Waals surface area (Å²) in [5.41, 5.74) is 0.439. The van der Waals surface area contributed by atoms with Crippen LogP contribution in [0.4, 0.5) is 5.69 Å². The zero-order valence-corrected chi connectivity index (χ0v) is 17.8. The van der Waals surface area contributed by atoms with Crippen LogP contribution in [0.3, 0.4) is 0 Å². The highest BCUT2D eigenvalue weighted by Crippen LogP contribution is 2.27. The number of rotatable bonds is 8. The molecule has 2 rings (SSSR count). The average molecular weight is 496 g/mol. The first-order valence-electron chi connectivity index (χ1n) is 7.83. The van der Waals surface area contributed by atoms with Crippen LogP contribution >= 0.6 is 50.7 Å². The number of carbonyl (C=O) groups is 2. The number of nitrogens with one attached hydrogen (secondary N) is 1. The van der Waals surface area contributed by atoms with Gasteiger partial charge in [-0.15, -0.1) is 0 Å². The Kier molecular flexibility index (Phi) is 8.70. The SMILES string of the molecule is O=C(COC(=O)CCCOc1ccc(Cl)cc1Cl)Nc1ccc(Br)cc1Cl. The monoisotopic (exact) mass is 493 g/mol. The number of ether oxygens (including phenoxy) is 2. The van der Waals surface area contributed by atoms with E-state index in [1.165, 1.54) is 0 Å². The number of esters is 1. The average Bonchev–Trinajstić information content (AvgIpc) is 2.61. The lowest BCUT2D eigenvalue weighted by Gasteiger charge is -2.09. The van der Waals surface area contributed by atoms with E-state index in [0.717, 1.165) is 4.47 Å². The molecule has 0 saturated heterocycles. The van der Waals surface area contributed by atoms with Crippen LogP contribution in [0, 0.1) is 0 Å². The van der Waals surface area contributed by atoms with Crippen molar-refractivity contribution < 1.29 is 19.1 Å². The minimum Gasteiger partial charge on any atom is -0.492 e. The molecule has 0 fully saturated rings. The van der Waals surface area contributed by atoms with Crippen LogP contribution in [0.15, 0.2) is 40.9 Å². The van der Waals surface area contributed by atoms with Gasteiger partial charge in [-0.1, -0.05) is 50.7 Å². The van der Waals surface area contributed by atoms with Gasteiger partial charge in [0.1, 0.15) is 5.75 Å². The highest BCUT2D eigenvalue weighted by Gasteiger charge is 2.10. The summed E-state index contributed by atoms with van der Waals surface area (Å²) in [6, 6.07) is 9.92. The van der Waals surface area contributed by atoms with Crippen molar-refractivity contribution in [1.82, 2.24) is 0 Å². The second-order valence-electron chi connectivity index (χ2n) is 5.36. The molecule has 0 saturated carbocycles. The van der Waals surface area contributed by atoms with Gasteiger partial charge in [0.05, 0.1) is 22.3 Å².